The van der Waals surface area contributed by atoms with E-state index in [4.69, 9.17) is 5.11 Å². The van der Waals surface area contributed by atoms with Crippen LogP contribution in [0.1, 0.15) is 43.2 Å². The fraction of sp³-hybridized carbons (Fsp3) is 0.300. The Kier molecular flexibility index (Phi) is 5.77. The summed E-state index contributed by atoms with van der Waals surface area (Å²) < 4.78 is 0. The molecule has 0 radical (unpaired) electrons. The molecule has 2 aromatic carbocycles. The van der Waals surface area contributed by atoms with Crippen molar-refractivity contribution in [1.82, 2.24) is 0 Å². The van der Waals surface area contributed by atoms with Crippen LogP contribution in [0.4, 0.5) is 0 Å². The van der Waals surface area contributed by atoms with Crippen LogP contribution in [0.5, 0.6) is 0 Å². The van der Waals surface area contributed by atoms with Gasteiger partial charge in [-0.15, -0.1) is 6.58 Å². The summed E-state index contributed by atoms with van der Waals surface area (Å²) >= 11 is 0. The smallest absolute Gasteiger partial charge is 0.0681 e. The van der Waals surface area contributed by atoms with Gasteiger partial charge in [0, 0.05) is 5.92 Å². The predicted molar refractivity (Wildman–Crippen MR) is 90.3 cm³/mol. The molecule has 0 fully saturated rings. The van der Waals surface area contributed by atoms with Crippen molar-refractivity contribution in [3.8, 4) is 11.1 Å². The predicted octanol–water partition coefficient (Wildman–Crippen LogP) is 5.31. The lowest BCUT2D eigenvalue weighted by molar-refractivity contribution is 0.282. The summed E-state index contributed by atoms with van der Waals surface area (Å²) in [6.45, 7) is 6.28. The van der Waals surface area contributed by atoms with E-state index in [1.165, 1.54) is 36.0 Å². The Morgan fingerprint density at radius 1 is 1.00 bits per heavy atom. The quantitative estimate of drug-likeness (QED) is 0.682. The summed E-state index contributed by atoms with van der Waals surface area (Å²) in [4.78, 5) is 0. The summed E-state index contributed by atoms with van der Waals surface area (Å²) in [5.41, 5.74) is 4.68. The average Bonchev–Trinajstić information content (AvgIpc) is 2.56. The van der Waals surface area contributed by atoms with Crippen molar-refractivity contribution in [2.45, 2.75) is 38.7 Å². The second-order valence-corrected chi connectivity index (χ2v) is 5.46. The van der Waals surface area contributed by atoms with Crippen LogP contribution in [0.2, 0.25) is 0 Å². The van der Waals surface area contributed by atoms with Gasteiger partial charge in [0.25, 0.3) is 0 Å². The maximum absolute atomic E-state index is 9.09. The van der Waals surface area contributed by atoms with E-state index in [2.05, 4.69) is 56.0 Å². The summed E-state index contributed by atoms with van der Waals surface area (Å²) in [6.07, 6.45) is 5.69. The Morgan fingerprint density at radius 2 is 1.57 bits per heavy atom. The molecule has 1 unspecified atom stereocenters. The van der Waals surface area contributed by atoms with Crippen LogP contribution in [0, 0.1) is 0 Å². The lowest BCUT2D eigenvalue weighted by Crippen LogP contribution is -1.95. The average molecular weight is 280 g/mol. The molecule has 21 heavy (non-hydrogen) atoms. The first-order chi connectivity index (χ1) is 10.3. The number of benzene rings is 2. The van der Waals surface area contributed by atoms with Crippen molar-refractivity contribution in [2.75, 3.05) is 0 Å². The Bertz CT molecular complexity index is 551. The van der Waals surface area contributed by atoms with Gasteiger partial charge in [-0.2, -0.15) is 0 Å². The van der Waals surface area contributed by atoms with Crippen LogP contribution in [-0.4, -0.2) is 5.11 Å². The minimum Gasteiger partial charge on any atom is -0.392 e. The normalized spacial score (nSPS) is 12.1. The highest BCUT2D eigenvalue weighted by Crippen LogP contribution is 2.26. The highest BCUT2D eigenvalue weighted by Gasteiger charge is 2.07. The van der Waals surface area contributed by atoms with Crippen LogP contribution in [0.15, 0.2) is 61.2 Å². The molecule has 1 nitrogen and oxygen atoms in total. The van der Waals surface area contributed by atoms with Crippen molar-refractivity contribution < 1.29 is 5.11 Å². The third kappa shape index (κ3) is 4.05. The van der Waals surface area contributed by atoms with Gasteiger partial charge in [0.2, 0.25) is 0 Å². The van der Waals surface area contributed by atoms with E-state index < -0.39 is 0 Å². The molecule has 0 aromatic heterocycles. The van der Waals surface area contributed by atoms with Crippen molar-refractivity contribution in [2.24, 2.45) is 0 Å². The molecule has 2 rings (SSSR count). The molecule has 1 N–H and O–H groups in total. The molecule has 0 aliphatic carbocycles. The Hall–Kier alpha value is -1.86. The summed E-state index contributed by atoms with van der Waals surface area (Å²) in [6, 6.07) is 16.8. The molecule has 0 saturated carbocycles. The van der Waals surface area contributed by atoms with Gasteiger partial charge >= 0.3 is 0 Å². The maximum atomic E-state index is 9.09. The molecule has 0 spiro atoms. The molecule has 0 aliphatic rings. The zero-order valence-electron chi connectivity index (χ0n) is 12.8. The highest BCUT2D eigenvalue weighted by molar-refractivity contribution is 5.64. The lowest BCUT2D eigenvalue weighted by Gasteiger charge is -2.13. The van der Waals surface area contributed by atoms with Gasteiger partial charge in [-0.05, 0) is 28.7 Å². The third-order valence-electron chi connectivity index (χ3n) is 3.96. The summed E-state index contributed by atoms with van der Waals surface area (Å²) in [5, 5.41) is 9.09. The molecule has 0 heterocycles. The van der Waals surface area contributed by atoms with Crippen molar-refractivity contribution >= 4 is 0 Å². The number of aliphatic hydroxyl groups excluding tert-OH is 1. The molecular weight excluding hydrogens is 256 g/mol. The van der Waals surface area contributed by atoms with E-state index in [9.17, 15) is 0 Å². The second kappa shape index (κ2) is 7.80. The number of rotatable bonds is 7. The van der Waals surface area contributed by atoms with E-state index in [-0.39, 0.29) is 6.61 Å². The zero-order valence-corrected chi connectivity index (χ0v) is 12.8. The molecule has 110 valence electrons. The van der Waals surface area contributed by atoms with E-state index in [1.807, 2.05) is 12.1 Å². The monoisotopic (exact) mass is 280 g/mol. The first kappa shape index (κ1) is 15.5. The van der Waals surface area contributed by atoms with Gasteiger partial charge in [-0.3, -0.25) is 0 Å². The fourth-order valence-electron chi connectivity index (χ4n) is 2.57. The van der Waals surface area contributed by atoms with Gasteiger partial charge in [0.15, 0.2) is 0 Å². The van der Waals surface area contributed by atoms with Crippen LogP contribution in [0.3, 0.4) is 0 Å². The Balaban J connectivity index is 2.15. The third-order valence-corrected chi connectivity index (χ3v) is 3.96. The van der Waals surface area contributed by atoms with Crippen molar-refractivity contribution in [1.29, 1.82) is 0 Å². The van der Waals surface area contributed by atoms with Crippen LogP contribution >= 0.6 is 0 Å². The van der Waals surface area contributed by atoms with Gasteiger partial charge < -0.3 is 5.11 Å². The highest BCUT2D eigenvalue weighted by atomic mass is 16.3. The zero-order chi connectivity index (χ0) is 15.1. The van der Waals surface area contributed by atoms with E-state index >= 15 is 0 Å². The number of hydrogen-bond donors (Lipinski definition) is 1. The fourth-order valence-corrected chi connectivity index (χ4v) is 2.57. The SMILES string of the molecule is C=CC(CCCC)c1ccc(-c2ccc(CO)cc2)cc1. The van der Waals surface area contributed by atoms with Gasteiger partial charge in [-0.1, -0.05) is 74.4 Å². The van der Waals surface area contributed by atoms with Crippen molar-refractivity contribution in [3.63, 3.8) is 0 Å². The van der Waals surface area contributed by atoms with Gasteiger partial charge in [-0.25, -0.2) is 0 Å². The van der Waals surface area contributed by atoms with E-state index in [0.29, 0.717) is 5.92 Å². The first-order valence-electron chi connectivity index (χ1n) is 7.71. The number of hydrogen-bond acceptors (Lipinski definition) is 1. The number of aliphatic hydroxyl groups is 1. The van der Waals surface area contributed by atoms with Crippen LogP contribution in [0.25, 0.3) is 11.1 Å². The molecule has 0 aliphatic heterocycles. The molecular formula is C20H24O. The number of allylic oxidation sites excluding steroid dienone is 1. The molecule has 1 heteroatoms. The minimum absolute atomic E-state index is 0.0949. The molecule has 0 amide bonds. The van der Waals surface area contributed by atoms with Gasteiger partial charge in [0.05, 0.1) is 6.61 Å². The maximum Gasteiger partial charge on any atom is 0.0681 e. The van der Waals surface area contributed by atoms with Crippen molar-refractivity contribution in [3.05, 3.63) is 72.3 Å². The van der Waals surface area contributed by atoms with Crippen LogP contribution in [-0.2, 0) is 6.61 Å². The largest absolute Gasteiger partial charge is 0.392 e. The lowest BCUT2D eigenvalue weighted by atomic mass is 9.92. The van der Waals surface area contributed by atoms with E-state index in [0.717, 1.165) is 5.56 Å². The molecule has 0 saturated heterocycles. The topological polar surface area (TPSA) is 20.2 Å². The Labute approximate surface area is 128 Å². The second-order valence-electron chi connectivity index (χ2n) is 5.46. The molecule has 1 atom stereocenters. The standard InChI is InChI=1S/C20H24O/c1-3-5-6-17(4-2)18-11-13-20(14-12-18)19-9-7-16(15-21)8-10-19/h4,7-14,17,21H,2-3,5-6,15H2,1H3. The van der Waals surface area contributed by atoms with Gasteiger partial charge in [0.1, 0.15) is 0 Å². The minimum atomic E-state index is 0.0949. The molecule has 2 aromatic rings. The summed E-state index contributed by atoms with van der Waals surface area (Å²) in [7, 11) is 0. The molecule has 0 bridgehead atoms. The van der Waals surface area contributed by atoms with Crippen LogP contribution < -0.4 is 0 Å². The summed E-state index contributed by atoms with van der Waals surface area (Å²) in [5.74, 6) is 0.454. The first-order valence-corrected chi connectivity index (χ1v) is 7.71. The van der Waals surface area contributed by atoms with E-state index in [1.54, 1.807) is 0 Å². The Morgan fingerprint density at radius 3 is 2.05 bits per heavy atom. The number of unbranched alkanes of at least 4 members (excludes halogenated alkanes) is 1.